The summed E-state index contributed by atoms with van der Waals surface area (Å²) in [6.45, 7) is 5.25. The lowest BCUT2D eigenvalue weighted by Gasteiger charge is -2.26. The standard InChI is InChI=1S/C16H22N2O3/c1-11(2)9-17(3)16(21)18-10-12(8-15(19)20)13-6-4-5-7-14(13)18/h4-7,11-12H,8-10H2,1-3H3,(H,19,20). The SMILES string of the molecule is CC(C)CN(C)C(=O)N1CC(CC(=O)O)c2ccccc21. The lowest BCUT2D eigenvalue weighted by atomic mass is 9.98. The summed E-state index contributed by atoms with van der Waals surface area (Å²) in [6, 6.07) is 7.50. The van der Waals surface area contributed by atoms with Crippen molar-refractivity contribution in [1.29, 1.82) is 0 Å². The minimum absolute atomic E-state index is 0.0503. The average molecular weight is 290 g/mol. The maximum absolute atomic E-state index is 12.6. The number of para-hydroxylation sites is 1. The summed E-state index contributed by atoms with van der Waals surface area (Å²) in [5.74, 6) is -0.568. The van der Waals surface area contributed by atoms with E-state index in [0.29, 0.717) is 19.0 Å². The van der Waals surface area contributed by atoms with Crippen molar-refractivity contribution in [2.24, 2.45) is 5.92 Å². The third kappa shape index (κ3) is 3.35. The predicted molar refractivity (Wildman–Crippen MR) is 81.6 cm³/mol. The number of carboxylic acid groups (broad SMARTS) is 1. The van der Waals surface area contributed by atoms with Gasteiger partial charge in [-0.2, -0.15) is 0 Å². The number of nitrogens with zero attached hydrogens (tertiary/aromatic N) is 2. The third-order valence-electron chi connectivity index (χ3n) is 3.69. The number of carbonyl (C=O) groups is 2. The molecular formula is C16H22N2O3. The zero-order chi connectivity index (χ0) is 15.6. The average Bonchev–Trinajstić information content (AvgIpc) is 2.75. The number of hydrogen-bond acceptors (Lipinski definition) is 2. The summed E-state index contributed by atoms with van der Waals surface area (Å²) in [7, 11) is 1.79. The molecule has 1 aliphatic heterocycles. The first kappa shape index (κ1) is 15.4. The van der Waals surface area contributed by atoms with E-state index >= 15 is 0 Å². The number of rotatable bonds is 4. The first-order valence-corrected chi connectivity index (χ1v) is 7.23. The highest BCUT2D eigenvalue weighted by Gasteiger charge is 2.34. The number of hydrogen-bond donors (Lipinski definition) is 1. The van der Waals surface area contributed by atoms with Gasteiger partial charge in [0.2, 0.25) is 0 Å². The summed E-state index contributed by atoms with van der Waals surface area (Å²) in [4.78, 5) is 27.0. The number of anilines is 1. The molecule has 1 aromatic carbocycles. The fourth-order valence-electron chi connectivity index (χ4n) is 2.89. The molecule has 0 saturated heterocycles. The first-order valence-electron chi connectivity index (χ1n) is 7.23. The Balaban J connectivity index is 2.22. The summed E-state index contributed by atoms with van der Waals surface area (Å²) < 4.78 is 0. The Morgan fingerprint density at radius 1 is 1.38 bits per heavy atom. The van der Waals surface area contributed by atoms with E-state index in [1.54, 1.807) is 16.8 Å². The molecular weight excluding hydrogens is 268 g/mol. The van der Waals surface area contributed by atoms with Gasteiger partial charge in [-0.1, -0.05) is 32.0 Å². The first-order chi connectivity index (χ1) is 9.90. The van der Waals surface area contributed by atoms with Crippen molar-refractivity contribution < 1.29 is 14.7 Å². The number of amides is 2. The monoisotopic (exact) mass is 290 g/mol. The second-order valence-corrected chi connectivity index (χ2v) is 6.02. The molecule has 0 fully saturated rings. The quantitative estimate of drug-likeness (QED) is 0.927. The minimum Gasteiger partial charge on any atom is -0.481 e. The molecule has 21 heavy (non-hydrogen) atoms. The Morgan fingerprint density at radius 3 is 2.67 bits per heavy atom. The van der Waals surface area contributed by atoms with Crippen LogP contribution in [0.1, 0.15) is 31.7 Å². The van der Waals surface area contributed by atoms with Gasteiger partial charge in [-0.15, -0.1) is 0 Å². The maximum atomic E-state index is 12.6. The van der Waals surface area contributed by atoms with Crippen molar-refractivity contribution in [2.75, 3.05) is 25.0 Å². The molecule has 1 N–H and O–H groups in total. The van der Waals surface area contributed by atoms with E-state index in [9.17, 15) is 9.59 Å². The van der Waals surface area contributed by atoms with E-state index in [1.807, 2.05) is 24.3 Å². The van der Waals surface area contributed by atoms with Crippen LogP contribution >= 0.6 is 0 Å². The molecule has 1 atom stereocenters. The number of urea groups is 1. The molecule has 5 heteroatoms. The summed E-state index contributed by atoms with van der Waals surface area (Å²) >= 11 is 0. The van der Waals surface area contributed by atoms with Crippen LogP contribution in [-0.4, -0.2) is 42.1 Å². The van der Waals surface area contributed by atoms with Crippen LogP contribution in [0.5, 0.6) is 0 Å². The summed E-state index contributed by atoms with van der Waals surface area (Å²) in [6.07, 6.45) is 0.0503. The van der Waals surface area contributed by atoms with Crippen molar-refractivity contribution >= 4 is 17.7 Å². The predicted octanol–water partition coefficient (Wildman–Crippen LogP) is 2.77. The van der Waals surface area contributed by atoms with Crippen LogP contribution < -0.4 is 4.90 Å². The number of carboxylic acids is 1. The van der Waals surface area contributed by atoms with E-state index < -0.39 is 5.97 Å². The molecule has 1 unspecified atom stereocenters. The van der Waals surface area contributed by atoms with Gasteiger partial charge >= 0.3 is 12.0 Å². The molecule has 0 spiro atoms. The highest BCUT2D eigenvalue weighted by Crippen LogP contribution is 2.38. The number of aliphatic carboxylic acids is 1. The molecule has 0 aromatic heterocycles. The zero-order valence-corrected chi connectivity index (χ0v) is 12.7. The van der Waals surface area contributed by atoms with Crippen LogP contribution in [0.25, 0.3) is 0 Å². The van der Waals surface area contributed by atoms with E-state index in [4.69, 9.17) is 5.11 Å². The zero-order valence-electron chi connectivity index (χ0n) is 12.7. The smallest absolute Gasteiger partial charge is 0.324 e. The molecule has 1 aromatic rings. The van der Waals surface area contributed by atoms with Crippen LogP contribution in [0.4, 0.5) is 10.5 Å². The highest BCUT2D eigenvalue weighted by atomic mass is 16.4. The minimum atomic E-state index is -0.834. The van der Waals surface area contributed by atoms with E-state index in [1.165, 1.54) is 0 Å². The van der Waals surface area contributed by atoms with Gasteiger partial charge < -0.3 is 10.0 Å². The van der Waals surface area contributed by atoms with Gasteiger partial charge in [-0.25, -0.2) is 4.79 Å². The van der Waals surface area contributed by atoms with E-state index in [2.05, 4.69) is 13.8 Å². The molecule has 0 radical (unpaired) electrons. The van der Waals surface area contributed by atoms with Gasteiger partial charge in [0.05, 0.1) is 6.42 Å². The van der Waals surface area contributed by atoms with Crippen LogP contribution in [-0.2, 0) is 4.79 Å². The molecule has 5 nitrogen and oxygen atoms in total. The molecule has 2 amide bonds. The Kier molecular flexibility index (Phi) is 4.50. The number of benzene rings is 1. The van der Waals surface area contributed by atoms with Gasteiger partial charge in [-0.3, -0.25) is 9.69 Å². The van der Waals surface area contributed by atoms with Crippen molar-refractivity contribution in [1.82, 2.24) is 4.90 Å². The van der Waals surface area contributed by atoms with Crippen LogP contribution in [0, 0.1) is 5.92 Å². The largest absolute Gasteiger partial charge is 0.481 e. The molecule has 0 saturated carbocycles. The summed E-state index contributed by atoms with van der Waals surface area (Å²) in [5, 5.41) is 9.04. The Morgan fingerprint density at radius 2 is 2.05 bits per heavy atom. The van der Waals surface area contributed by atoms with Gasteiger partial charge in [-0.05, 0) is 17.5 Å². The van der Waals surface area contributed by atoms with E-state index in [-0.39, 0.29) is 18.4 Å². The topological polar surface area (TPSA) is 60.9 Å². The van der Waals surface area contributed by atoms with E-state index in [0.717, 1.165) is 11.3 Å². The Labute approximate surface area is 125 Å². The molecule has 0 bridgehead atoms. The maximum Gasteiger partial charge on any atom is 0.324 e. The molecule has 1 heterocycles. The lowest BCUT2D eigenvalue weighted by molar-refractivity contribution is -0.137. The van der Waals surface area contributed by atoms with Gasteiger partial charge in [0.15, 0.2) is 0 Å². The molecule has 0 aliphatic carbocycles. The fourth-order valence-corrected chi connectivity index (χ4v) is 2.89. The normalized spacial score (nSPS) is 17.0. The molecule has 114 valence electrons. The highest BCUT2D eigenvalue weighted by molar-refractivity contribution is 5.95. The van der Waals surface area contributed by atoms with Crippen molar-refractivity contribution in [3.8, 4) is 0 Å². The molecule has 2 rings (SSSR count). The lowest BCUT2D eigenvalue weighted by Crippen LogP contribution is -2.42. The van der Waals surface area contributed by atoms with Gasteiger partial charge in [0.25, 0.3) is 0 Å². The van der Waals surface area contributed by atoms with Gasteiger partial charge in [0.1, 0.15) is 0 Å². The summed E-state index contributed by atoms with van der Waals surface area (Å²) in [5.41, 5.74) is 1.79. The third-order valence-corrected chi connectivity index (χ3v) is 3.69. The second kappa shape index (κ2) is 6.16. The van der Waals surface area contributed by atoms with Crippen LogP contribution in [0.3, 0.4) is 0 Å². The fraction of sp³-hybridized carbons (Fsp3) is 0.500. The molecule has 1 aliphatic rings. The Bertz CT molecular complexity index is 542. The van der Waals surface area contributed by atoms with Gasteiger partial charge in [0, 0.05) is 31.7 Å². The Hall–Kier alpha value is -2.04. The van der Waals surface area contributed by atoms with Crippen molar-refractivity contribution in [3.63, 3.8) is 0 Å². The van der Waals surface area contributed by atoms with Crippen molar-refractivity contribution in [2.45, 2.75) is 26.2 Å². The second-order valence-electron chi connectivity index (χ2n) is 6.02. The number of carbonyl (C=O) groups excluding carboxylic acids is 1. The number of fused-ring (bicyclic) bond motifs is 1. The van der Waals surface area contributed by atoms with Crippen molar-refractivity contribution in [3.05, 3.63) is 29.8 Å². The van der Waals surface area contributed by atoms with Crippen LogP contribution in [0.2, 0.25) is 0 Å². The van der Waals surface area contributed by atoms with Crippen LogP contribution in [0.15, 0.2) is 24.3 Å².